The van der Waals surface area contributed by atoms with Crippen molar-refractivity contribution < 1.29 is 5.11 Å². The summed E-state index contributed by atoms with van der Waals surface area (Å²) in [6.07, 6.45) is 5.71. The van der Waals surface area contributed by atoms with Gasteiger partial charge in [0.1, 0.15) is 0 Å². The number of nitrogen functional groups attached to an aromatic ring is 1. The highest BCUT2D eigenvalue weighted by Crippen LogP contribution is 2.30. The Hall–Kier alpha value is -2.93. The molecule has 1 aromatic carbocycles. The number of anilines is 2. The molecule has 1 atom stereocenters. The molecule has 128 valence electrons. The summed E-state index contributed by atoms with van der Waals surface area (Å²) in [6, 6.07) is 8.02. The lowest BCUT2D eigenvalue weighted by atomic mass is 10.1. The zero-order chi connectivity index (χ0) is 17.4. The van der Waals surface area contributed by atoms with Gasteiger partial charge < -0.3 is 15.7 Å². The van der Waals surface area contributed by atoms with E-state index in [2.05, 4.69) is 16.1 Å². The van der Waals surface area contributed by atoms with Crippen LogP contribution in [0.15, 0.2) is 42.9 Å². The number of aryl methyl sites for hydroxylation is 1. The van der Waals surface area contributed by atoms with Crippen molar-refractivity contribution in [3.63, 3.8) is 0 Å². The SMILES string of the molecule is Cc1ccc(-c2cnc(N)c(N3CCC(O)C3)n2)c(-n2cccn2)c1. The first-order chi connectivity index (χ1) is 12.1. The molecule has 1 saturated heterocycles. The highest BCUT2D eigenvalue weighted by molar-refractivity contribution is 5.73. The quantitative estimate of drug-likeness (QED) is 0.757. The normalized spacial score (nSPS) is 17.2. The summed E-state index contributed by atoms with van der Waals surface area (Å²) in [6.45, 7) is 3.30. The number of nitrogens with zero attached hydrogens (tertiary/aromatic N) is 5. The van der Waals surface area contributed by atoms with Gasteiger partial charge in [-0.1, -0.05) is 12.1 Å². The van der Waals surface area contributed by atoms with Gasteiger partial charge in [-0.3, -0.25) is 0 Å². The molecule has 1 aliphatic rings. The monoisotopic (exact) mass is 336 g/mol. The Kier molecular flexibility index (Phi) is 3.85. The molecular formula is C18H20N6O. The van der Waals surface area contributed by atoms with Crippen LogP contribution in [0.25, 0.3) is 16.9 Å². The highest BCUT2D eigenvalue weighted by atomic mass is 16.3. The fraction of sp³-hybridized carbons (Fsp3) is 0.278. The van der Waals surface area contributed by atoms with Crippen LogP contribution in [-0.4, -0.2) is 44.0 Å². The molecule has 4 rings (SSSR count). The van der Waals surface area contributed by atoms with Crippen LogP contribution in [0, 0.1) is 6.92 Å². The van der Waals surface area contributed by atoms with Crippen LogP contribution in [0.5, 0.6) is 0 Å². The van der Waals surface area contributed by atoms with Crippen molar-refractivity contribution in [1.82, 2.24) is 19.7 Å². The molecule has 1 fully saturated rings. The van der Waals surface area contributed by atoms with Crippen molar-refractivity contribution in [2.24, 2.45) is 0 Å². The summed E-state index contributed by atoms with van der Waals surface area (Å²) in [4.78, 5) is 11.1. The van der Waals surface area contributed by atoms with E-state index in [-0.39, 0.29) is 6.10 Å². The molecule has 1 unspecified atom stereocenters. The number of rotatable bonds is 3. The van der Waals surface area contributed by atoms with Crippen molar-refractivity contribution >= 4 is 11.6 Å². The van der Waals surface area contributed by atoms with Gasteiger partial charge in [-0.25, -0.2) is 14.6 Å². The molecule has 7 heteroatoms. The Morgan fingerprint density at radius 2 is 2.20 bits per heavy atom. The summed E-state index contributed by atoms with van der Waals surface area (Å²) < 4.78 is 1.82. The third kappa shape index (κ3) is 2.94. The van der Waals surface area contributed by atoms with Gasteiger partial charge in [0.25, 0.3) is 0 Å². The molecule has 1 aliphatic heterocycles. The molecule has 0 aliphatic carbocycles. The maximum Gasteiger partial charge on any atom is 0.172 e. The van der Waals surface area contributed by atoms with E-state index in [9.17, 15) is 5.11 Å². The number of aliphatic hydroxyl groups is 1. The lowest BCUT2D eigenvalue weighted by molar-refractivity contribution is 0.198. The molecule has 0 bridgehead atoms. The van der Waals surface area contributed by atoms with Crippen LogP contribution < -0.4 is 10.6 Å². The topological polar surface area (TPSA) is 93.1 Å². The minimum Gasteiger partial charge on any atom is -0.391 e. The molecular weight excluding hydrogens is 316 g/mol. The van der Waals surface area contributed by atoms with Crippen LogP contribution in [0.1, 0.15) is 12.0 Å². The molecule has 0 saturated carbocycles. The van der Waals surface area contributed by atoms with Crippen LogP contribution in [0.3, 0.4) is 0 Å². The maximum absolute atomic E-state index is 9.80. The van der Waals surface area contributed by atoms with Crippen LogP contribution in [0.4, 0.5) is 11.6 Å². The Balaban J connectivity index is 1.81. The summed E-state index contributed by atoms with van der Waals surface area (Å²) in [5.41, 5.74) is 9.78. The summed E-state index contributed by atoms with van der Waals surface area (Å²) in [5.74, 6) is 1.01. The number of β-amino-alcohol motifs (C(OH)–C–C–N with tert-alkyl or cyclic N) is 1. The molecule has 25 heavy (non-hydrogen) atoms. The average Bonchev–Trinajstić information content (AvgIpc) is 3.27. The fourth-order valence-corrected chi connectivity index (χ4v) is 3.14. The van der Waals surface area contributed by atoms with E-state index in [1.165, 1.54) is 0 Å². The van der Waals surface area contributed by atoms with E-state index in [0.717, 1.165) is 29.1 Å². The molecule has 0 radical (unpaired) electrons. The van der Waals surface area contributed by atoms with Crippen molar-refractivity contribution in [3.8, 4) is 16.9 Å². The average molecular weight is 336 g/mol. The van der Waals surface area contributed by atoms with Crippen molar-refractivity contribution in [1.29, 1.82) is 0 Å². The standard InChI is InChI=1S/C18H20N6O/c1-12-3-4-14(16(9-12)24-7-2-6-21-24)15-10-20-17(19)18(22-15)23-8-5-13(25)11-23/h2-4,6-7,9-10,13,25H,5,8,11H2,1H3,(H2,19,20). The Labute approximate surface area is 145 Å². The Morgan fingerprint density at radius 1 is 1.32 bits per heavy atom. The Morgan fingerprint density at radius 3 is 2.92 bits per heavy atom. The number of benzene rings is 1. The predicted molar refractivity (Wildman–Crippen MR) is 96.6 cm³/mol. The van der Waals surface area contributed by atoms with Gasteiger partial charge in [0.05, 0.1) is 23.7 Å². The van der Waals surface area contributed by atoms with E-state index in [1.807, 2.05) is 40.9 Å². The Bertz CT molecular complexity index is 893. The molecule has 7 nitrogen and oxygen atoms in total. The molecule has 0 spiro atoms. The van der Waals surface area contributed by atoms with Crippen molar-refractivity contribution in [2.45, 2.75) is 19.4 Å². The second-order valence-corrected chi connectivity index (χ2v) is 6.32. The first-order valence-corrected chi connectivity index (χ1v) is 8.28. The minimum atomic E-state index is -0.344. The van der Waals surface area contributed by atoms with E-state index in [4.69, 9.17) is 10.7 Å². The summed E-state index contributed by atoms with van der Waals surface area (Å²) >= 11 is 0. The molecule has 3 aromatic rings. The van der Waals surface area contributed by atoms with Crippen LogP contribution in [0.2, 0.25) is 0 Å². The number of hydrogen-bond donors (Lipinski definition) is 2. The third-order valence-corrected chi connectivity index (χ3v) is 4.42. The third-order valence-electron chi connectivity index (χ3n) is 4.42. The lowest BCUT2D eigenvalue weighted by Gasteiger charge is -2.19. The van der Waals surface area contributed by atoms with Gasteiger partial charge >= 0.3 is 0 Å². The van der Waals surface area contributed by atoms with Crippen molar-refractivity contribution in [3.05, 3.63) is 48.4 Å². The van der Waals surface area contributed by atoms with Gasteiger partial charge in [-0.2, -0.15) is 5.10 Å². The second kappa shape index (κ2) is 6.18. The minimum absolute atomic E-state index is 0.344. The van der Waals surface area contributed by atoms with E-state index >= 15 is 0 Å². The number of aromatic nitrogens is 4. The van der Waals surface area contributed by atoms with Crippen molar-refractivity contribution in [2.75, 3.05) is 23.7 Å². The van der Waals surface area contributed by atoms with E-state index in [0.29, 0.717) is 24.6 Å². The lowest BCUT2D eigenvalue weighted by Crippen LogP contribution is -2.24. The molecule has 0 amide bonds. The zero-order valence-corrected chi connectivity index (χ0v) is 14.0. The van der Waals surface area contributed by atoms with E-state index < -0.39 is 0 Å². The maximum atomic E-state index is 9.80. The zero-order valence-electron chi connectivity index (χ0n) is 14.0. The largest absolute Gasteiger partial charge is 0.391 e. The predicted octanol–water partition coefficient (Wildman–Crippen LogP) is 1.79. The van der Waals surface area contributed by atoms with Crippen LogP contribution >= 0.6 is 0 Å². The van der Waals surface area contributed by atoms with E-state index in [1.54, 1.807) is 12.4 Å². The van der Waals surface area contributed by atoms with Gasteiger partial charge in [0.2, 0.25) is 0 Å². The van der Waals surface area contributed by atoms with Gasteiger partial charge in [-0.05, 0) is 31.0 Å². The van der Waals surface area contributed by atoms with Gasteiger partial charge in [0, 0.05) is 31.0 Å². The first-order valence-electron chi connectivity index (χ1n) is 8.28. The fourth-order valence-electron chi connectivity index (χ4n) is 3.14. The number of hydrogen-bond acceptors (Lipinski definition) is 6. The molecule has 3 N–H and O–H groups in total. The summed E-state index contributed by atoms with van der Waals surface area (Å²) in [7, 11) is 0. The van der Waals surface area contributed by atoms with Gasteiger partial charge in [0.15, 0.2) is 11.6 Å². The summed E-state index contributed by atoms with van der Waals surface area (Å²) in [5, 5.41) is 14.1. The molecule has 2 aromatic heterocycles. The van der Waals surface area contributed by atoms with Gasteiger partial charge in [-0.15, -0.1) is 0 Å². The highest BCUT2D eigenvalue weighted by Gasteiger charge is 2.24. The second-order valence-electron chi connectivity index (χ2n) is 6.32. The first kappa shape index (κ1) is 15.6. The molecule has 3 heterocycles. The number of nitrogens with two attached hydrogens (primary N) is 1. The van der Waals surface area contributed by atoms with Crippen LogP contribution in [-0.2, 0) is 0 Å². The number of aliphatic hydroxyl groups excluding tert-OH is 1. The smallest absolute Gasteiger partial charge is 0.172 e.